The Morgan fingerprint density at radius 2 is 1.24 bits per heavy atom. The highest BCUT2D eigenvalue weighted by molar-refractivity contribution is 7.39. The molecule has 0 saturated heterocycles. The summed E-state index contributed by atoms with van der Waals surface area (Å²) >= 11 is 0. The van der Waals surface area contributed by atoms with Crippen molar-refractivity contribution in [1.82, 2.24) is 0 Å². The second-order valence-corrected chi connectivity index (χ2v) is 5.52. The lowest BCUT2D eigenvalue weighted by atomic mass is 9.92. The Kier molecular flexibility index (Phi) is 3.37. The SMILES string of the molecule is CC(c1ccccc1)(c1ccccc1)[P+](=O)O. The third-order valence-corrected chi connectivity index (χ3v) is 4.34. The standard InChI is InChI=1S/C14H13O2P/c1-14(17(15)16,12-8-4-2-5-9-12)13-10-6-3-7-11-13/h2-11H,1H3/p+1. The van der Waals surface area contributed by atoms with Gasteiger partial charge in [0.15, 0.2) is 0 Å². The fourth-order valence-electron chi connectivity index (χ4n) is 1.91. The lowest BCUT2D eigenvalue weighted by Crippen LogP contribution is -2.18. The molecular formula is C14H14O2P+. The van der Waals surface area contributed by atoms with Gasteiger partial charge in [0.2, 0.25) is 5.16 Å². The molecule has 2 aromatic rings. The minimum absolute atomic E-state index is 0.849. The summed E-state index contributed by atoms with van der Waals surface area (Å²) in [6.07, 6.45) is 0. The number of benzene rings is 2. The van der Waals surface area contributed by atoms with E-state index in [4.69, 9.17) is 0 Å². The van der Waals surface area contributed by atoms with Gasteiger partial charge in [0, 0.05) is 11.1 Å². The number of rotatable bonds is 3. The quantitative estimate of drug-likeness (QED) is 0.837. The fraction of sp³-hybridized carbons (Fsp3) is 0.143. The Labute approximate surface area is 102 Å². The van der Waals surface area contributed by atoms with Crippen molar-refractivity contribution in [3.8, 4) is 0 Å². The van der Waals surface area contributed by atoms with Crippen molar-refractivity contribution in [3.05, 3.63) is 71.8 Å². The number of hydrogen-bond donors (Lipinski definition) is 1. The summed E-state index contributed by atoms with van der Waals surface area (Å²) in [5, 5.41) is -0.849. The molecule has 1 N–H and O–H groups in total. The third-order valence-electron chi connectivity index (χ3n) is 3.05. The first kappa shape index (κ1) is 12.0. The van der Waals surface area contributed by atoms with Crippen LogP contribution in [0.3, 0.4) is 0 Å². The monoisotopic (exact) mass is 245 g/mol. The second kappa shape index (κ2) is 4.79. The zero-order valence-electron chi connectivity index (χ0n) is 9.58. The van der Waals surface area contributed by atoms with Gasteiger partial charge in [-0.15, -0.1) is 0 Å². The summed E-state index contributed by atoms with van der Waals surface area (Å²) in [5.74, 6) is 0. The molecule has 2 aromatic carbocycles. The predicted octanol–water partition coefficient (Wildman–Crippen LogP) is 3.68. The lowest BCUT2D eigenvalue weighted by Gasteiger charge is -2.17. The van der Waals surface area contributed by atoms with Crippen LogP contribution in [-0.2, 0) is 9.72 Å². The van der Waals surface area contributed by atoms with E-state index in [-0.39, 0.29) is 0 Å². The van der Waals surface area contributed by atoms with Crippen molar-refractivity contribution >= 4 is 8.03 Å². The highest BCUT2D eigenvalue weighted by atomic mass is 31.1. The fourth-order valence-corrected chi connectivity index (χ4v) is 2.65. The molecule has 0 aromatic heterocycles. The Balaban J connectivity index is 2.59. The van der Waals surface area contributed by atoms with Crippen LogP contribution >= 0.6 is 8.03 Å². The van der Waals surface area contributed by atoms with Gasteiger partial charge in [-0.25, -0.2) is 0 Å². The summed E-state index contributed by atoms with van der Waals surface area (Å²) in [5.41, 5.74) is 1.71. The van der Waals surface area contributed by atoms with Gasteiger partial charge in [-0.1, -0.05) is 60.7 Å². The van der Waals surface area contributed by atoms with E-state index in [1.54, 1.807) is 6.92 Å². The highest BCUT2D eigenvalue weighted by Crippen LogP contribution is 2.49. The van der Waals surface area contributed by atoms with Crippen molar-refractivity contribution in [2.24, 2.45) is 0 Å². The Hall–Kier alpha value is -1.50. The summed E-state index contributed by atoms with van der Waals surface area (Å²) in [6, 6.07) is 18.9. The summed E-state index contributed by atoms with van der Waals surface area (Å²) in [7, 11) is -2.35. The molecule has 0 heterocycles. The maximum atomic E-state index is 11.8. The minimum Gasteiger partial charge on any atom is -0.160 e. The van der Waals surface area contributed by atoms with E-state index in [0.29, 0.717) is 0 Å². The van der Waals surface area contributed by atoms with Crippen LogP contribution < -0.4 is 0 Å². The zero-order valence-corrected chi connectivity index (χ0v) is 10.5. The second-order valence-electron chi connectivity index (χ2n) is 4.08. The van der Waals surface area contributed by atoms with E-state index in [1.165, 1.54) is 0 Å². The Morgan fingerprint density at radius 3 is 1.53 bits per heavy atom. The Morgan fingerprint density at radius 1 is 0.882 bits per heavy atom. The van der Waals surface area contributed by atoms with Gasteiger partial charge < -0.3 is 0 Å². The zero-order chi connectivity index (χ0) is 12.3. The van der Waals surface area contributed by atoms with Gasteiger partial charge in [-0.3, -0.25) is 0 Å². The smallest absolute Gasteiger partial charge is 0.160 e. The van der Waals surface area contributed by atoms with Gasteiger partial charge in [0.1, 0.15) is 0 Å². The van der Waals surface area contributed by atoms with Crippen LogP contribution in [0.25, 0.3) is 0 Å². The first-order valence-corrected chi connectivity index (χ1v) is 6.64. The molecule has 0 aliphatic heterocycles. The molecule has 1 unspecified atom stereocenters. The molecule has 2 nitrogen and oxygen atoms in total. The van der Waals surface area contributed by atoms with E-state index in [0.717, 1.165) is 11.1 Å². The van der Waals surface area contributed by atoms with Crippen molar-refractivity contribution in [3.63, 3.8) is 0 Å². The minimum atomic E-state index is -2.35. The molecule has 0 fully saturated rings. The van der Waals surface area contributed by atoms with Crippen LogP contribution in [0.15, 0.2) is 60.7 Å². The maximum absolute atomic E-state index is 11.8. The van der Waals surface area contributed by atoms with Crippen molar-refractivity contribution in [1.29, 1.82) is 0 Å². The average molecular weight is 245 g/mol. The van der Waals surface area contributed by atoms with Crippen LogP contribution in [0, 0.1) is 0 Å². The van der Waals surface area contributed by atoms with Crippen LogP contribution in [0.2, 0.25) is 0 Å². The molecule has 86 valence electrons. The number of hydrogen-bond acceptors (Lipinski definition) is 1. The lowest BCUT2D eigenvalue weighted by molar-refractivity contribution is 0.475. The molecule has 1 atom stereocenters. The first-order valence-electron chi connectivity index (χ1n) is 5.43. The Bertz CT molecular complexity index is 469. The van der Waals surface area contributed by atoms with Gasteiger partial charge in [-0.05, 0) is 11.5 Å². The van der Waals surface area contributed by atoms with Crippen LogP contribution in [0.4, 0.5) is 0 Å². The maximum Gasteiger partial charge on any atom is 0.521 e. The van der Waals surface area contributed by atoms with E-state index < -0.39 is 13.2 Å². The van der Waals surface area contributed by atoms with Crippen LogP contribution in [0.5, 0.6) is 0 Å². The summed E-state index contributed by atoms with van der Waals surface area (Å²) < 4.78 is 11.8. The molecule has 3 heteroatoms. The van der Waals surface area contributed by atoms with Crippen molar-refractivity contribution < 1.29 is 9.46 Å². The molecule has 0 bridgehead atoms. The van der Waals surface area contributed by atoms with Crippen LogP contribution in [-0.4, -0.2) is 4.89 Å². The molecule has 2 rings (SSSR count). The summed E-state index contributed by atoms with van der Waals surface area (Å²) in [6.45, 7) is 1.80. The van der Waals surface area contributed by atoms with Crippen LogP contribution in [0.1, 0.15) is 18.1 Å². The highest BCUT2D eigenvalue weighted by Gasteiger charge is 2.47. The normalized spacial score (nSPS) is 12.2. The van der Waals surface area contributed by atoms with Gasteiger partial charge >= 0.3 is 8.03 Å². The molecule has 0 spiro atoms. The van der Waals surface area contributed by atoms with E-state index >= 15 is 0 Å². The van der Waals surface area contributed by atoms with Gasteiger partial charge in [0.25, 0.3) is 0 Å². The molecule has 0 saturated carbocycles. The van der Waals surface area contributed by atoms with Gasteiger partial charge in [0.05, 0.1) is 0 Å². The average Bonchev–Trinajstić information content (AvgIpc) is 2.39. The molecule has 0 radical (unpaired) electrons. The van der Waals surface area contributed by atoms with E-state index in [9.17, 15) is 9.46 Å². The first-order chi connectivity index (χ1) is 8.15. The predicted molar refractivity (Wildman–Crippen MR) is 69.2 cm³/mol. The van der Waals surface area contributed by atoms with Crippen molar-refractivity contribution in [2.75, 3.05) is 0 Å². The molecular weight excluding hydrogens is 231 g/mol. The molecule has 0 amide bonds. The third kappa shape index (κ3) is 2.14. The van der Waals surface area contributed by atoms with E-state index in [2.05, 4.69) is 0 Å². The molecule has 0 aliphatic rings. The van der Waals surface area contributed by atoms with Crippen molar-refractivity contribution in [2.45, 2.75) is 12.1 Å². The topological polar surface area (TPSA) is 37.3 Å². The molecule has 17 heavy (non-hydrogen) atoms. The van der Waals surface area contributed by atoms with E-state index in [1.807, 2.05) is 60.7 Å². The van der Waals surface area contributed by atoms with Gasteiger partial charge in [-0.2, -0.15) is 4.89 Å². The summed E-state index contributed by atoms with van der Waals surface area (Å²) in [4.78, 5) is 9.69. The largest absolute Gasteiger partial charge is 0.521 e. The molecule has 0 aliphatic carbocycles.